The van der Waals surface area contributed by atoms with Gasteiger partial charge in [0.25, 0.3) is 5.91 Å². The molecule has 1 aliphatic carbocycles. The normalized spacial score (nSPS) is 22.6. The Morgan fingerprint density at radius 1 is 1.25 bits per heavy atom. The third-order valence-corrected chi connectivity index (χ3v) is 4.40. The van der Waals surface area contributed by atoms with Crippen molar-refractivity contribution in [1.82, 2.24) is 4.90 Å². The van der Waals surface area contributed by atoms with E-state index in [0.717, 1.165) is 18.8 Å². The molecule has 1 aliphatic rings. The van der Waals surface area contributed by atoms with E-state index in [-0.39, 0.29) is 5.91 Å². The van der Waals surface area contributed by atoms with E-state index in [1.807, 2.05) is 11.9 Å². The van der Waals surface area contributed by atoms with Gasteiger partial charge in [-0.2, -0.15) is 0 Å². The van der Waals surface area contributed by atoms with Crippen molar-refractivity contribution in [3.8, 4) is 0 Å². The summed E-state index contributed by atoms with van der Waals surface area (Å²) in [5, 5.41) is 0. The van der Waals surface area contributed by atoms with Crippen LogP contribution >= 0.6 is 0 Å². The highest BCUT2D eigenvalue weighted by atomic mass is 16.4. The molecule has 0 unspecified atom stereocenters. The number of carbonyl (C=O) groups excluding carboxylic acids is 1. The van der Waals surface area contributed by atoms with Gasteiger partial charge in [-0.25, -0.2) is 4.79 Å². The molecule has 0 aromatic carbocycles. The lowest BCUT2D eigenvalue weighted by Gasteiger charge is -2.34. The second kappa shape index (κ2) is 5.81. The summed E-state index contributed by atoms with van der Waals surface area (Å²) < 4.78 is 5.06. The minimum absolute atomic E-state index is 0.0386. The Morgan fingerprint density at radius 2 is 1.85 bits per heavy atom. The summed E-state index contributed by atoms with van der Waals surface area (Å²) in [4.78, 5) is 25.8. The quantitative estimate of drug-likeness (QED) is 0.835. The number of carbonyl (C=O) groups is 1. The fraction of sp³-hybridized carbons (Fsp3) is 0.625. The van der Waals surface area contributed by atoms with Crippen LogP contribution in [0.4, 0.5) is 0 Å². The number of rotatable bonds is 2. The largest absolute Gasteiger partial charge is 0.427 e. The Bertz CT molecular complexity index is 527. The molecule has 1 saturated carbocycles. The second-order valence-electron chi connectivity index (χ2n) is 6.01. The third-order valence-electron chi connectivity index (χ3n) is 4.40. The highest BCUT2D eigenvalue weighted by Gasteiger charge is 2.27. The first-order chi connectivity index (χ1) is 9.40. The monoisotopic (exact) mass is 277 g/mol. The van der Waals surface area contributed by atoms with Gasteiger partial charge in [-0.3, -0.25) is 4.79 Å². The van der Waals surface area contributed by atoms with Gasteiger partial charge in [-0.15, -0.1) is 0 Å². The van der Waals surface area contributed by atoms with Gasteiger partial charge in [0.15, 0.2) is 0 Å². The van der Waals surface area contributed by atoms with Crippen LogP contribution in [0.25, 0.3) is 0 Å². The summed E-state index contributed by atoms with van der Waals surface area (Å²) in [6.07, 6.45) is 4.45. The van der Waals surface area contributed by atoms with Crippen molar-refractivity contribution in [1.29, 1.82) is 0 Å². The van der Waals surface area contributed by atoms with Crippen molar-refractivity contribution in [2.45, 2.75) is 52.5 Å². The molecule has 4 nitrogen and oxygen atoms in total. The van der Waals surface area contributed by atoms with Crippen molar-refractivity contribution in [2.75, 3.05) is 7.05 Å². The van der Waals surface area contributed by atoms with Crippen molar-refractivity contribution in [2.24, 2.45) is 5.92 Å². The summed E-state index contributed by atoms with van der Waals surface area (Å²) in [5.41, 5.74) is 0.830. The predicted octanol–water partition coefficient (Wildman–Crippen LogP) is 2.91. The third kappa shape index (κ3) is 2.94. The summed E-state index contributed by atoms with van der Waals surface area (Å²) in [6, 6.07) is 1.68. The zero-order valence-electron chi connectivity index (χ0n) is 12.7. The van der Waals surface area contributed by atoms with Gasteiger partial charge in [0.1, 0.15) is 5.76 Å². The van der Waals surface area contributed by atoms with Gasteiger partial charge in [-0.1, -0.05) is 6.92 Å². The average molecular weight is 277 g/mol. The molecule has 1 aromatic heterocycles. The van der Waals surface area contributed by atoms with Crippen molar-refractivity contribution in [3.05, 3.63) is 33.4 Å². The van der Waals surface area contributed by atoms with Gasteiger partial charge >= 0.3 is 5.63 Å². The van der Waals surface area contributed by atoms with E-state index < -0.39 is 5.63 Å². The van der Waals surface area contributed by atoms with Crippen LogP contribution in [0.5, 0.6) is 0 Å². The van der Waals surface area contributed by atoms with Crippen molar-refractivity contribution in [3.63, 3.8) is 0 Å². The van der Waals surface area contributed by atoms with E-state index in [9.17, 15) is 9.59 Å². The van der Waals surface area contributed by atoms with Crippen LogP contribution in [0, 0.1) is 19.8 Å². The Balaban J connectivity index is 2.21. The average Bonchev–Trinajstić information content (AvgIpc) is 2.37. The highest BCUT2D eigenvalue weighted by Crippen LogP contribution is 2.27. The molecule has 1 aromatic rings. The molecule has 1 fully saturated rings. The minimum atomic E-state index is -0.398. The maximum absolute atomic E-state index is 12.6. The molecular formula is C16H23NO3. The number of hydrogen-bond donors (Lipinski definition) is 0. The molecule has 0 aliphatic heterocycles. The topological polar surface area (TPSA) is 50.5 Å². The molecular weight excluding hydrogens is 254 g/mol. The van der Waals surface area contributed by atoms with Crippen LogP contribution in [0.3, 0.4) is 0 Å². The fourth-order valence-corrected chi connectivity index (χ4v) is 3.05. The Kier molecular flexibility index (Phi) is 4.31. The van der Waals surface area contributed by atoms with E-state index in [1.165, 1.54) is 18.9 Å². The molecule has 0 N–H and O–H groups in total. The molecule has 110 valence electrons. The standard InChI is InChI=1S/C16H23NO3/c1-10-5-7-13(8-6-10)17(4)16(19)15-11(2)9-14(18)20-12(15)3/h9-10,13H,5-8H2,1-4H3. The van der Waals surface area contributed by atoms with Crippen molar-refractivity contribution < 1.29 is 9.21 Å². The number of nitrogens with zero attached hydrogens (tertiary/aromatic N) is 1. The molecule has 0 radical (unpaired) electrons. The first-order valence-electron chi connectivity index (χ1n) is 7.28. The maximum atomic E-state index is 12.6. The van der Waals surface area contributed by atoms with Crippen LogP contribution in [0.2, 0.25) is 0 Å². The van der Waals surface area contributed by atoms with E-state index in [0.29, 0.717) is 22.9 Å². The summed E-state index contributed by atoms with van der Waals surface area (Å²) in [7, 11) is 1.85. The molecule has 0 saturated heterocycles. The Hall–Kier alpha value is -1.58. The lowest BCUT2D eigenvalue weighted by Crippen LogP contribution is -2.40. The second-order valence-corrected chi connectivity index (χ2v) is 6.01. The molecule has 0 atom stereocenters. The molecule has 0 spiro atoms. The first kappa shape index (κ1) is 14.8. The van der Waals surface area contributed by atoms with Crippen LogP contribution in [-0.4, -0.2) is 23.9 Å². The first-order valence-corrected chi connectivity index (χ1v) is 7.28. The molecule has 2 rings (SSSR count). The zero-order valence-corrected chi connectivity index (χ0v) is 12.7. The van der Waals surface area contributed by atoms with Gasteiger partial charge in [0, 0.05) is 19.2 Å². The summed E-state index contributed by atoms with van der Waals surface area (Å²) >= 11 is 0. The number of hydrogen-bond acceptors (Lipinski definition) is 3. The molecule has 0 bridgehead atoms. The molecule has 1 amide bonds. The van der Waals surface area contributed by atoms with E-state index in [4.69, 9.17) is 4.42 Å². The summed E-state index contributed by atoms with van der Waals surface area (Å²) in [5.74, 6) is 1.13. The van der Waals surface area contributed by atoms with Crippen LogP contribution in [0.15, 0.2) is 15.3 Å². The lowest BCUT2D eigenvalue weighted by atomic mass is 9.86. The van der Waals surface area contributed by atoms with Gasteiger partial charge in [0.2, 0.25) is 0 Å². The minimum Gasteiger partial charge on any atom is -0.427 e. The smallest absolute Gasteiger partial charge is 0.336 e. The Morgan fingerprint density at radius 3 is 2.40 bits per heavy atom. The molecule has 4 heteroatoms. The predicted molar refractivity (Wildman–Crippen MR) is 78.0 cm³/mol. The summed E-state index contributed by atoms with van der Waals surface area (Å²) in [6.45, 7) is 5.73. The number of aryl methyl sites for hydroxylation is 2. The zero-order chi connectivity index (χ0) is 14.9. The van der Waals surface area contributed by atoms with Gasteiger partial charge in [0.05, 0.1) is 5.56 Å². The van der Waals surface area contributed by atoms with E-state index in [1.54, 1.807) is 13.8 Å². The number of amides is 1. The van der Waals surface area contributed by atoms with Crippen LogP contribution in [0.1, 0.15) is 54.3 Å². The molecule has 1 heterocycles. The van der Waals surface area contributed by atoms with Crippen LogP contribution in [-0.2, 0) is 0 Å². The van der Waals surface area contributed by atoms with Gasteiger partial charge in [-0.05, 0) is 51.0 Å². The Labute approximate surface area is 119 Å². The van der Waals surface area contributed by atoms with Crippen molar-refractivity contribution >= 4 is 5.91 Å². The van der Waals surface area contributed by atoms with E-state index in [2.05, 4.69) is 6.92 Å². The molecule has 20 heavy (non-hydrogen) atoms. The lowest BCUT2D eigenvalue weighted by molar-refractivity contribution is 0.0674. The fourth-order valence-electron chi connectivity index (χ4n) is 3.05. The maximum Gasteiger partial charge on any atom is 0.336 e. The SMILES string of the molecule is Cc1cc(=O)oc(C)c1C(=O)N(C)C1CCC(C)CC1. The van der Waals surface area contributed by atoms with E-state index >= 15 is 0 Å². The van der Waals surface area contributed by atoms with Gasteiger partial charge < -0.3 is 9.32 Å². The van der Waals surface area contributed by atoms with Crippen LogP contribution < -0.4 is 5.63 Å². The highest BCUT2D eigenvalue weighted by molar-refractivity contribution is 5.96.